The molecule has 1 saturated heterocycles. The molecule has 2 aliphatic rings. The Morgan fingerprint density at radius 3 is 1.96 bits per heavy atom. The molecule has 0 unspecified atom stereocenters. The highest BCUT2D eigenvalue weighted by molar-refractivity contribution is 5.79. The first-order valence-electron chi connectivity index (χ1n) is 7.72. The van der Waals surface area contributed by atoms with Gasteiger partial charge in [-0.25, -0.2) is 0 Å². The Kier molecular flexibility index (Phi) is 4.41. The van der Waals surface area contributed by atoms with Crippen molar-refractivity contribution in [1.82, 2.24) is 9.88 Å². The van der Waals surface area contributed by atoms with E-state index in [-0.39, 0.29) is 38.0 Å². The average Bonchev–Trinajstić information content (AvgIpc) is 3.08. The minimum Gasteiger partial charge on any atom is -0.363 e. The SMILES string of the molecule is O=C(C1CCCC1)N1CCN(c2c(F)c(F)nc(F)c2F)CC1. The Morgan fingerprint density at radius 1 is 0.913 bits per heavy atom. The zero-order valence-electron chi connectivity index (χ0n) is 12.5. The maximum absolute atomic E-state index is 13.8. The summed E-state index contributed by atoms with van der Waals surface area (Å²) in [6, 6.07) is 0. The summed E-state index contributed by atoms with van der Waals surface area (Å²) >= 11 is 0. The molecule has 126 valence electrons. The molecule has 23 heavy (non-hydrogen) atoms. The van der Waals surface area contributed by atoms with Crippen LogP contribution in [0.25, 0.3) is 0 Å². The first-order valence-corrected chi connectivity index (χ1v) is 7.72. The van der Waals surface area contributed by atoms with Crippen LogP contribution >= 0.6 is 0 Å². The van der Waals surface area contributed by atoms with E-state index in [4.69, 9.17) is 0 Å². The topological polar surface area (TPSA) is 36.4 Å². The number of nitrogens with zero attached hydrogens (tertiary/aromatic N) is 3. The fraction of sp³-hybridized carbons (Fsp3) is 0.600. The van der Waals surface area contributed by atoms with Crippen molar-refractivity contribution in [1.29, 1.82) is 0 Å². The van der Waals surface area contributed by atoms with E-state index < -0.39 is 29.2 Å². The van der Waals surface area contributed by atoms with Crippen molar-refractivity contribution >= 4 is 11.6 Å². The molecule has 1 aliphatic heterocycles. The van der Waals surface area contributed by atoms with Crippen LogP contribution < -0.4 is 4.90 Å². The molecule has 4 nitrogen and oxygen atoms in total. The monoisotopic (exact) mass is 331 g/mol. The van der Waals surface area contributed by atoms with Gasteiger partial charge in [0.25, 0.3) is 11.9 Å². The van der Waals surface area contributed by atoms with Gasteiger partial charge in [-0.3, -0.25) is 4.79 Å². The number of carbonyl (C=O) groups excluding carboxylic acids is 1. The largest absolute Gasteiger partial charge is 0.363 e. The molecular formula is C15H17F4N3O. The quantitative estimate of drug-likeness (QED) is 0.617. The van der Waals surface area contributed by atoms with E-state index in [2.05, 4.69) is 4.98 Å². The average molecular weight is 331 g/mol. The predicted molar refractivity (Wildman–Crippen MR) is 74.8 cm³/mol. The predicted octanol–water partition coefficient (Wildman–Crippen LogP) is 2.48. The molecule has 0 bridgehead atoms. The molecule has 2 fully saturated rings. The standard InChI is InChI=1S/C15H17F4N3O/c16-10-12(11(17)14(19)20-13(10)18)21-5-7-22(8-6-21)15(23)9-3-1-2-4-9/h9H,1-8H2. The van der Waals surface area contributed by atoms with E-state index in [0.29, 0.717) is 0 Å². The van der Waals surface area contributed by atoms with Crippen molar-refractivity contribution in [3.63, 3.8) is 0 Å². The van der Waals surface area contributed by atoms with Crippen LogP contribution in [0.3, 0.4) is 0 Å². The lowest BCUT2D eigenvalue weighted by atomic mass is 10.1. The van der Waals surface area contributed by atoms with Gasteiger partial charge in [0.15, 0.2) is 0 Å². The van der Waals surface area contributed by atoms with Gasteiger partial charge in [-0.05, 0) is 12.8 Å². The fourth-order valence-corrected chi connectivity index (χ4v) is 3.34. The molecule has 8 heteroatoms. The van der Waals surface area contributed by atoms with Gasteiger partial charge in [-0.1, -0.05) is 12.8 Å². The zero-order chi connectivity index (χ0) is 16.6. The van der Waals surface area contributed by atoms with Crippen LogP contribution in [0.4, 0.5) is 23.2 Å². The van der Waals surface area contributed by atoms with E-state index in [1.807, 2.05) is 0 Å². The maximum atomic E-state index is 13.8. The molecule has 3 rings (SSSR count). The Labute approximate surface area is 131 Å². The number of amides is 1. The Bertz CT molecular complexity index is 585. The van der Waals surface area contributed by atoms with Gasteiger partial charge < -0.3 is 9.80 Å². The van der Waals surface area contributed by atoms with Gasteiger partial charge in [0, 0.05) is 32.1 Å². The highest BCUT2D eigenvalue weighted by atomic mass is 19.2. The number of anilines is 1. The minimum atomic E-state index is -1.66. The molecule has 0 aromatic carbocycles. The van der Waals surface area contributed by atoms with E-state index in [1.165, 1.54) is 4.90 Å². The number of hydrogen-bond donors (Lipinski definition) is 0. The highest BCUT2D eigenvalue weighted by Crippen LogP contribution is 2.29. The number of halogens is 4. The molecule has 1 aromatic heterocycles. The van der Waals surface area contributed by atoms with Crippen molar-refractivity contribution in [3.05, 3.63) is 23.5 Å². The summed E-state index contributed by atoms with van der Waals surface area (Å²) in [5.74, 6) is -6.23. The smallest absolute Gasteiger partial charge is 0.253 e. The number of pyridine rings is 1. The molecule has 1 saturated carbocycles. The van der Waals surface area contributed by atoms with E-state index in [0.717, 1.165) is 25.7 Å². The lowest BCUT2D eigenvalue weighted by molar-refractivity contribution is -0.135. The Balaban J connectivity index is 1.71. The fourth-order valence-electron chi connectivity index (χ4n) is 3.34. The molecule has 0 spiro atoms. The second kappa shape index (κ2) is 6.33. The first-order chi connectivity index (χ1) is 11.0. The van der Waals surface area contributed by atoms with Crippen LogP contribution in [0.2, 0.25) is 0 Å². The van der Waals surface area contributed by atoms with Crippen molar-refractivity contribution in [3.8, 4) is 0 Å². The Hall–Kier alpha value is -1.86. The van der Waals surface area contributed by atoms with Gasteiger partial charge in [-0.2, -0.15) is 22.5 Å². The number of hydrogen-bond acceptors (Lipinski definition) is 3. The zero-order valence-corrected chi connectivity index (χ0v) is 12.5. The molecule has 0 atom stereocenters. The molecule has 0 N–H and O–H groups in total. The second-order valence-corrected chi connectivity index (χ2v) is 5.96. The lowest BCUT2D eigenvalue weighted by Crippen LogP contribution is -2.50. The number of rotatable bonds is 2. The normalized spacial score (nSPS) is 19.5. The molecule has 2 heterocycles. The Morgan fingerprint density at radius 2 is 1.43 bits per heavy atom. The van der Waals surface area contributed by atoms with Gasteiger partial charge in [0.05, 0.1) is 0 Å². The summed E-state index contributed by atoms with van der Waals surface area (Å²) in [6.45, 7) is 0.796. The van der Waals surface area contributed by atoms with E-state index >= 15 is 0 Å². The van der Waals surface area contributed by atoms with Crippen molar-refractivity contribution < 1.29 is 22.4 Å². The molecule has 1 aliphatic carbocycles. The molecule has 1 amide bonds. The molecular weight excluding hydrogens is 314 g/mol. The van der Waals surface area contributed by atoms with Crippen LogP contribution in [0.15, 0.2) is 0 Å². The van der Waals surface area contributed by atoms with Crippen LogP contribution in [0.5, 0.6) is 0 Å². The summed E-state index contributed by atoms with van der Waals surface area (Å²) in [5.41, 5.74) is -0.747. The minimum absolute atomic E-state index is 0.0332. The number of aromatic nitrogens is 1. The van der Waals surface area contributed by atoms with Gasteiger partial charge >= 0.3 is 0 Å². The summed E-state index contributed by atoms with van der Waals surface area (Å²) in [5, 5.41) is 0. The van der Waals surface area contributed by atoms with E-state index in [1.54, 1.807) is 4.90 Å². The summed E-state index contributed by atoms with van der Waals surface area (Å²) in [4.78, 5) is 17.7. The summed E-state index contributed by atoms with van der Waals surface area (Å²) in [7, 11) is 0. The lowest BCUT2D eigenvalue weighted by Gasteiger charge is -2.37. The van der Waals surface area contributed by atoms with Crippen molar-refractivity contribution in [2.45, 2.75) is 25.7 Å². The van der Waals surface area contributed by atoms with Crippen molar-refractivity contribution in [2.75, 3.05) is 31.1 Å². The molecule has 1 aromatic rings. The first kappa shape index (κ1) is 16.0. The number of piperazine rings is 1. The third-order valence-corrected chi connectivity index (χ3v) is 4.59. The third kappa shape index (κ3) is 2.98. The van der Waals surface area contributed by atoms with E-state index in [9.17, 15) is 22.4 Å². The second-order valence-electron chi connectivity index (χ2n) is 5.96. The number of carbonyl (C=O) groups is 1. The third-order valence-electron chi connectivity index (χ3n) is 4.59. The maximum Gasteiger partial charge on any atom is 0.253 e. The van der Waals surface area contributed by atoms with Gasteiger partial charge in [-0.15, -0.1) is 0 Å². The summed E-state index contributed by atoms with van der Waals surface area (Å²) < 4.78 is 53.9. The van der Waals surface area contributed by atoms with Crippen LogP contribution in [-0.2, 0) is 4.79 Å². The molecule has 0 radical (unpaired) electrons. The van der Waals surface area contributed by atoms with Gasteiger partial charge in [0.2, 0.25) is 17.5 Å². The van der Waals surface area contributed by atoms with Crippen LogP contribution in [0, 0.1) is 29.4 Å². The van der Waals surface area contributed by atoms with Gasteiger partial charge in [0.1, 0.15) is 5.69 Å². The summed E-state index contributed by atoms with van der Waals surface area (Å²) in [6.07, 6.45) is 3.84. The highest BCUT2D eigenvalue weighted by Gasteiger charge is 2.32. The van der Waals surface area contributed by atoms with Crippen molar-refractivity contribution in [2.24, 2.45) is 5.92 Å². The van der Waals surface area contributed by atoms with Crippen LogP contribution in [0.1, 0.15) is 25.7 Å². The van der Waals surface area contributed by atoms with Crippen LogP contribution in [-0.4, -0.2) is 42.0 Å².